The molecule has 0 aliphatic rings. The molecular weight excluding hydrogens is 518 g/mol. The summed E-state index contributed by atoms with van der Waals surface area (Å²) < 4.78 is 26.8. The topological polar surface area (TPSA) is 140 Å². The number of hydrogen-bond acceptors (Lipinski definition) is 10. The second-order valence-corrected chi connectivity index (χ2v) is 11.4. The Bertz CT molecular complexity index is 1000. The third-order valence-electron chi connectivity index (χ3n) is 6.27. The van der Waals surface area contributed by atoms with Crippen LogP contribution in [0.25, 0.3) is 0 Å². The van der Waals surface area contributed by atoms with E-state index in [1.165, 1.54) is 12.1 Å². The SMILES string of the molecule is CCC(C)CC(=O)Oc1ccc(C[C@H](N)C(=O)O[C@@H](C)[C@H](C)OC(=O)OC(C)(C)C)cc1OC(=O)CC(C)CC. The molecule has 0 spiro atoms. The van der Waals surface area contributed by atoms with Crippen molar-refractivity contribution < 1.29 is 42.9 Å². The molecule has 0 saturated carbocycles. The van der Waals surface area contributed by atoms with Crippen molar-refractivity contribution in [2.75, 3.05) is 0 Å². The number of esters is 3. The lowest BCUT2D eigenvalue weighted by Crippen LogP contribution is -2.40. The smallest absolute Gasteiger partial charge is 0.458 e. The van der Waals surface area contributed by atoms with Crippen molar-refractivity contribution in [2.45, 2.75) is 118 Å². The van der Waals surface area contributed by atoms with Crippen LogP contribution in [0.4, 0.5) is 4.79 Å². The van der Waals surface area contributed by atoms with E-state index in [-0.39, 0.29) is 42.6 Å². The van der Waals surface area contributed by atoms with Crippen LogP contribution in [0.15, 0.2) is 18.2 Å². The molecule has 0 fully saturated rings. The van der Waals surface area contributed by atoms with Crippen LogP contribution in [0.3, 0.4) is 0 Å². The molecular formula is C30H47NO9. The fourth-order valence-corrected chi connectivity index (χ4v) is 3.26. The van der Waals surface area contributed by atoms with Gasteiger partial charge in [-0.1, -0.05) is 46.6 Å². The molecule has 40 heavy (non-hydrogen) atoms. The number of carbonyl (C=O) groups is 4. The summed E-state index contributed by atoms with van der Waals surface area (Å²) in [5.74, 6) is -1.12. The zero-order valence-corrected chi connectivity index (χ0v) is 25.4. The summed E-state index contributed by atoms with van der Waals surface area (Å²) in [7, 11) is 0. The molecule has 0 aliphatic heterocycles. The molecule has 1 aromatic rings. The molecule has 1 aromatic carbocycles. The zero-order chi connectivity index (χ0) is 30.6. The first kappa shape index (κ1) is 34.9. The van der Waals surface area contributed by atoms with E-state index >= 15 is 0 Å². The normalized spacial score (nSPS) is 15.2. The lowest BCUT2D eigenvalue weighted by molar-refractivity contribution is -0.156. The van der Waals surface area contributed by atoms with E-state index in [0.29, 0.717) is 5.56 Å². The van der Waals surface area contributed by atoms with Crippen LogP contribution >= 0.6 is 0 Å². The highest BCUT2D eigenvalue weighted by Gasteiger charge is 2.27. The summed E-state index contributed by atoms with van der Waals surface area (Å²) in [6.45, 7) is 16.1. The van der Waals surface area contributed by atoms with Crippen molar-refractivity contribution >= 4 is 24.1 Å². The second-order valence-electron chi connectivity index (χ2n) is 11.4. The van der Waals surface area contributed by atoms with Gasteiger partial charge in [-0.25, -0.2) is 4.79 Å². The van der Waals surface area contributed by atoms with Crippen molar-refractivity contribution in [1.29, 1.82) is 0 Å². The van der Waals surface area contributed by atoms with Crippen LogP contribution in [0.5, 0.6) is 11.5 Å². The molecule has 0 amide bonds. The van der Waals surface area contributed by atoms with E-state index in [1.807, 2.05) is 27.7 Å². The van der Waals surface area contributed by atoms with Crippen LogP contribution < -0.4 is 15.2 Å². The zero-order valence-electron chi connectivity index (χ0n) is 25.4. The van der Waals surface area contributed by atoms with Crippen molar-refractivity contribution in [3.05, 3.63) is 23.8 Å². The van der Waals surface area contributed by atoms with Gasteiger partial charge in [0.05, 0.1) is 0 Å². The quantitative estimate of drug-likeness (QED) is 0.227. The molecule has 0 aliphatic carbocycles. The van der Waals surface area contributed by atoms with Gasteiger partial charge in [-0.2, -0.15) is 0 Å². The minimum Gasteiger partial charge on any atom is -0.458 e. The van der Waals surface area contributed by atoms with Gasteiger partial charge < -0.3 is 29.4 Å². The van der Waals surface area contributed by atoms with Crippen LogP contribution in [0.1, 0.15) is 93.6 Å². The predicted molar refractivity (Wildman–Crippen MR) is 150 cm³/mol. The summed E-state index contributed by atoms with van der Waals surface area (Å²) in [6.07, 6.45) is -0.303. The number of rotatable bonds is 14. The highest BCUT2D eigenvalue weighted by atomic mass is 16.7. The Morgan fingerprint density at radius 3 is 1.80 bits per heavy atom. The van der Waals surface area contributed by atoms with Crippen molar-refractivity contribution in [2.24, 2.45) is 17.6 Å². The predicted octanol–water partition coefficient (Wildman–Crippen LogP) is 5.51. The van der Waals surface area contributed by atoms with Crippen molar-refractivity contribution in [3.8, 4) is 11.5 Å². The first-order chi connectivity index (χ1) is 18.5. The van der Waals surface area contributed by atoms with Crippen LogP contribution in [0, 0.1) is 11.8 Å². The Morgan fingerprint density at radius 1 is 0.800 bits per heavy atom. The van der Waals surface area contributed by atoms with Gasteiger partial charge in [0.25, 0.3) is 0 Å². The van der Waals surface area contributed by atoms with Crippen LogP contribution in [-0.4, -0.2) is 47.9 Å². The lowest BCUT2D eigenvalue weighted by Gasteiger charge is -2.24. The Morgan fingerprint density at radius 2 is 1.30 bits per heavy atom. The summed E-state index contributed by atoms with van der Waals surface area (Å²) >= 11 is 0. The third kappa shape index (κ3) is 13.3. The number of ether oxygens (including phenoxy) is 5. The van der Waals surface area contributed by atoms with Crippen molar-refractivity contribution in [3.63, 3.8) is 0 Å². The molecule has 0 saturated heterocycles. The Balaban J connectivity index is 2.95. The average molecular weight is 566 g/mol. The summed E-state index contributed by atoms with van der Waals surface area (Å²) in [5.41, 5.74) is 5.96. The highest BCUT2D eigenvalue weighted by molar-refractivity contribution is 5.77. The van der Waals surface area contributed by atoms with E-state index in [2.05, 4.69) is 0 Å². The van der Waals surface area contributed by atoms with E-state index in [9.17, 15) is 19.2 Å². The third-order valence-corrected chi connectivity index (χ3v) is 6.27. The average Bonchev–Trinajstić information content (AvgIpc) is 2.83. The first-order valence-corrected chi connectivity index (χ1v) is 13.9. The number of benzene rings is 1. The Hall–Kier alpha value is -3.14. The molecule has 2 unspecified atom stereocenters. The molecule has 10 nitrogen and oxygen atoms in total. The second kappa shape index (κ2) is 16.2. The summed E-state index contributed by atoms with van der Waals surface area (Å²) in [6, 6.07) is 3.64. The maximum Gasteiger partial charge on any atom is 0.509 e. The fourth-order valence-electron chi connectivity index (χ4n) is 3.26. The number of hydrogen-bond donors (Lipinski definition) is 1. The first-order valence-electron chi connectivity index (χ1n) is 13.9. The number of carbonyl (C=O) groups excluding carboxylic acids is 4. The van der Waals surface area contributed by atoms with E-state index < -0.39 is 47.9 Å². The van der Waals surface area contributed by atoms with Gasteiger partial charge >= 0.3 is 24.1 Å². The lowest BCUT2D eigenvalue weighted by atomic mass is 10.0. The maximum atomic E-state index is 12.7. The molecule has 1 rings (SSSR count). The monoisotopic (exact) mass is 565 g/mol. The van der Waals surface area contributed by atoms with Gasteiger partial charge in [0.2, 0.25) is 0 Å². The molecule has 10 heteroatoms. The fraction of sp³-hybridized carbons (Fsp3) is 0.667. The molecule has 0 bridgehead atoms. The molecule has 2 N–H and O–H groups in total. The van der Waals surface area contributed by atoms with Crippen LogP contribution in [-0.2, 0) is 35.0 Å². The minimum absolute atomic E-state index is 0.0594. The molecule has 0 aromatic heterocycles. The highest BCUT2D eigenvalue weighted by Crippen LogP contribution is 2.31. The maximum absolute atomic E-state index is 12.7. The molecule has 226 valence electrons. The Labute approximate surface area is 238 Å². The van der Waals surface area contributed by atoms with Crippen molar-refractivity contribution in [1.82, 2.24) is 0 Å². The molecule has 5 atom stereocenters. The standard InChI is InChI=1S/C30H47NO9/c1-10-18(3)14-26(32)38-24-13-12-22(17-25(24)39-27(33)15-19(4)11-2)16-23(31)28(34)36-20(5)21(6)37-29(35)40-30(7,8)9/h12-13,17-21,23H,10-11,14-16,31H2,1-9H3/t18?,19?,20-,21-,23-/m0/s1. The van der Waals surface area contributed by atoms with Gasteiger partial charge in [0.1, 0.15) is 23.9 Å². The molecule has 0 radical (unpaired) electrons. The number of nitrogens with two attached hydrogens (primary N) is 1. The van der Waals surface area contributed by atoms with Gasteiger partial charge in [-0.15, -0.1) is 0 Å². The van der Waals surface area contributed by atoms with Crippen LogP contribution in [0.2, 0.25) is 0 Å². The van der Waals surface area contributed by atoms with Gasteiger partial charge in [0.15, 0.2) is 11.5 Å². The minimum atomic E-state index is -1.06. The summed E-state index contributed by atoms with van der Waals surface area (Å²) in [5, 5.41) is 0. The Kier molecular flexibility index (Phi) is 14.1. The van der Waals surface area contributed by atoms with E-state index in [1.54, 1.807) is 40.7 Å². The largest absolute Gasteiger partial charge is 0.509 e. The van der Waals surface area contributed by atoms with E-state index in [0.717, 1.165) is 12.8 Å². The van der Waals surface area contributed by atoms with E-state index in [4.69, 9.17) is 29.4 Å². The summed E-state index contributed by atoms with van der Waals surface area (Å²) in [4.78, 5) is 49.5. The van der Waals surface area contributed by atoms with Gasteiger partial charge in [-0.3, -0.25) is 14.4 Å². The van der Waals surface area contributed by atoms with Gasteiger partial charge in [0, 0.05) is 12.8 Å². The van der Waals surface area contributed by atoms with Gasteiger partial charge in [-0.05, 0) is 70.6 Å². The molecule has 0 heterocycles.